The highest BCUT2D eigenvalue weighted by molar-refractivity contribution is 5.96. The van der Waals surface area contributed by atoms with Gasteiger partial charge in [0, 0.05) is 56.6 Å². The van der Waals surface area contributed by atoms with Crippen molar-refractivity contribution in [1.82, 2.24) is 14.8 Å². The van der Waals surface area contributed by atoms with Gasteiger partial charge in [-0.05, 0) is 29.5 Å². The smallest absolute Gasteiger partial charge is 0.251 e. The number of ketones is 1. The van der Waals surface area contributed by atoms with Crippen LogP contribution in [0.25, 0.3) is 10.9 Å². The summed E-state index contributed by atoms with van der Waals surface area (Å²) in [5, 5.41) is 1.06. The van der Waals surface area contributed by atoms with Gasteiger partial charge in [-0.2, -0.15) is 0 Å². The summed E-state index contributed by atoms with van der Waals surface area (Å²) < 4.78 is 0. The summed E-state index contributed by atoms with van der Waals surface area (Å²) in [5.41, 5.74) is 2.83. The first-order valence-electron chi connectivity index (χ1n) is 9.71. The van der Waals surface area contributed by atoms with Gasteiger partial charge in [-0.15, -0.1) is 0 Å². The standard InChI is InChI=1S/C21H25N3O3/c1-2-15-10-16-4-3-14(9-19(16)22-20(15)26)13-23-5-7-24(8-6-23)21(27)17-11-18(25)12-17/h3-4,9-10,17H,2,5-8,11-13H2,1H3,(H,22,26). The molecule has 0 radical (unpaired) electrons. The molecular formula is C21H25N3O3. The largest absolute Gasteiger partial charge is 0.340 e. The van der Waals surface area contributed by atoms with Crippen LogP contribution in [0.5, 0.6) is 0 Å². The molecule has 0 unspecified atom stereocenters. The molecule has 1 aromatic carbocycles. The van der Waals surface area contributed by atoms with Crippen molar-refractivity contribution in [2.24, 2.45) is 5.92 Å². The first kappa shape index (κ1) is 17.9. The number of carbonyl (C=O) groups is 2. The second-order valence-electron chi connectivity index (χ2n) is 7.64. The third kappa shape index (κ3) is 3.67. The Labute approximate surface area is 158 Å². The van der Waals surface area contributed by atoms with Gasteiger partial charge in [0.1, 0.15) is 5.78 Å². The van der Waals surface area contributed by atoms with E-state index in [0.29, 0.717) is 25.9 Å². The Morgan fingerprint density at radius 3 is 2.52 bits per heavy atom. The molecule has 1 aliphatic carbocycles. The molecule has 1 saturated heterocycles. The summed E-state index contributed by atoms with van der Waals surface area (Å²) in [5.74, 6) is 0.269. The lowest BCUT2D eigenvalue weighted by Gasteiger charge is -2.37. The minimum atomic E-state index is -0.0747. The van der Waals surface area contributed by atoms with Crippen molar-refractivity contribution < 1.29 is 9.59 Å². The monoisotopic (exact) mass is 367 g/mol. The number of amides is 1. The molecule has 2 aromatic rings. The highest BCUT2D eigenvalue weighted by Crippen LogP contribution is 2.25. The average molecular weight is 367 g/mol. The van der Waals surface area contributed by atoms with Gasteiger partial charge in [0.15, 0.2) is 0 Å². The maximum absolute atomic E-state index is 12.3. The molecule has 27 heavy (non-hydrogen) atoms. The fraction of sp³-hybridized carbons (Fsp3) is 0.476. The molecule has 2 fully saturated rings. The van der Waals surface area contributed by atoms with E-state index in [1.54, 1.807) is 0 Å². The summed E-state index contributed by atoms with van der Waals surface area (Å²) in [6.45, 7) is 5.88. The van der Waals surface area contributed by atoms with Gasteiger partial charge in [0.05, 0.1) is 5.92 Å². The second kappa shape index (κ2) is 7.27. The van der Waals surface area contributed by atoms with E-state index in [1.807, 2.05) is 24.0 Å². The molecule has 2 aliphatic rings. The second-order valence-corrected chi connectivity index (χ2v) is 7.64. The summed E-state index contributed by atoms with van der Waals surface area (Å²) in [6.07, 6.45) is 1.58. The maximum atomic E-state index is 12.3. The van der Waals surface area contributed by atoms with E-state index < -0.39 is 0 Å². The van der Waals surface area contributed by atoms with Crippen LogP contribution in [0.2, 0.25) is 0 Å². The molecule has 1 aromatic heterocycles. The number of hydrogen-bond donors (Lipinski definition) is 1. The van der Waals surface area contributed by atoms with Gasteiger partial charge in [-0.3, -0.25) is 19.3 Å². The third-order valence-corrected chi connectivity index (χ3v) is 5.76. The highest BCUT2D eigenvalue weighted by atomic mass is 16.2. The van der Waals surface area contributed by atoms with Crippen molar-refractivity contribution in [2.75, 3.05) is 26.2 Å². The van der Waals surface area contributed by atoms with Gasteiger partial charge in [-0.25, -0.2) is 0 Å². The van der Waals surface area contributed by atoms with Crippen LogP contribution in [-0.2, 0) is 22.6 Å². The van der Waals surface area contributed by atoms with E-state index in [-0.39, 0.29) is 23.2 Å². The van der Waals surface area contributed by atoms with E-state index in [0.717, 1.165) is 48.1 Å². The molecule has 1 N–H and O–H groups in total. The highest BCUT2D eigenvalue weighted by Gasteiger charge is 2.36. The lowest BCUT2D eigenvalue weighted by atomic mass is 9.83. The number of fused-ring (bicyclic) bond motifs is 1. The van der Waals surface area contributed by atoms with E-state index >= 15 is 0 Å². The number of nitrogens with one attached hydrogen (secondary N) is 1. The van der Waals surface area contributed by atoms with Crippen molar-refractivity contribution in [3.63, 3.8) is 0 Å². The SMILES string of the molecule is CCc1cc2ccc(CN3CCN(C(=O)C4CC(=O)C4)CC3)cc2[nH]c1=O. The molecule has 4 rings (SSSR count). The van der Waals surface area contributed by atoms with Gasteiger partial charge in [0.25, 0.3) is 5.56 Å². The maximum Gasteiger partial charge on any atom is 0.251 e. The Balaban J connectivity index is 1.38. The van der Waals surface area contributed by atoms with E-state index in [9.17, 15) is 14.4 Å². The first-order valence-corrected chi connectivity index (χ1v) is 9.71. The number of aromatic nitrogens is 1. The predicted octanol–water partition coefficient (Wildman–Crippen LogP) is 1.71. The van der Waals surface area contributed by atoms with Crippen LogP contribution in [0.4, 0.5) is 0 Å². The van der Waals surface area contributed by atoms with Crippen LogP contribution in [0, 0.1) is 5.92 Å². The zero-order valence-electron chi connectivity index (χ0n) is 15.7. The van der Waals surface area contributed by atoms with E-state index in [4.69, 9.17) is 0 Å². The van der Waals surface area contributed by atoms with Gasteiger partial charge in [-0.1, -0.05) is 19.1 Å². The van der Waals surface area contributed by atoms with Crippen LogP contribution in [0.1, 0.15) is 30.9 Å². The molecule has 6 nitrogen and oxygen atoms in total. The van der Waals surface area contributed by atoms with Crippen molar-refractivity contribution in [1.29, 1.82) is 0 Å². The molecule has 2 heterocycles. The van der Waals surface area contributed by atoms with Crippen molar-refractivity contribution in [3.05, 3.63) is 45.7 Å². The number of carbonyl (C=O) groups excluding carboxylic acids is 2. The lowest BCUT2D eigenvalue weighted by molar-refractivity contribution is -0.146. The molecular weight excluding hydrogens is 342 g/mol. The number of benzene rings is 1. The molecule has 1 aliphatic heterocycles. The summed E-state index contributed by atoms with van der Waals surface area (Å²) >= 11 is 0. The Morgan fingerprint density at radius 2 is 1.85 bits per heavy atom. The number of rotatable bonds is 4. The predicted molar refractivity (Wildman–Crippen MR) is 104 cm³/mol. The van der Waals surface area contributed by atoms with Crippen LogP contribution < -0.4 is 5.56 Å². The minimum absolute atomic E-state index is 0.0104. The van der Waals surface area contributed by atoms with Crippen LogP contribution in [0.15, 0.2) is 29.1 Å². The van der Waals surface area contributed by atoms with Gasteiger partial charge >= 0.3 is 0 Å². The molecule has 1 amide bonds. The van der Waals surface area contributed by atoms with Crippen molar-refractivity contribution >= 4 is 22.6 Å². The third-order valence-electron chi connectivity index (χ3n) is 5.76. The van der Waals surface area contributed by atoms with E-state index in [1.165, 1.54) is 0 Å². The quantitative estimate of drug-likeness (QED) is 0.893. The van der Waals surface area contributed by atoms with Crippen molar-refractivity contribution in [3.8, 4) is 0 Å². The number of Topliss-reactive ketones (excluding diaryl/α,β-unsaturated/α-hetero) is 1. The molecule has 142 valence electrons. The fourth-order valence-electron chi connectivity index (χ4n) is 3.96. The number of pyridine rings is 1. The number of H-pyrrole nitrogens is 1. The number of hydrogen-bond acceptors (Lipinski definition) is 4. The molecule has 0 bridgehead atoms. The zero-order valence-corrected chi connectivity index (χ0v) is 15.7. The number of nitrogens with zero attached hydrogens (tertiary/aromatic N) is 2. The lowest BCUT2D eigenvalue weighted by Crippen LogP contribution is -2.51. The van der Waals surface area contributed by atoms with Crippen LogP contribution in [-0.4, -0.2) is 52.7 Å². The minimum Gasteiger partial charge on any atom is -0.340 e. The fourth-order valence-corrected chi connectivity index (χ4v) is 3.96. The number of aromatic amines is 1. The number of aryl methyl sites for hydroxylation is 1. The first-order chi connectivity index (χ1) is 13.0. The summed E-state index contributed by atoms with van der Waals surface area (Å²) in [4.78, 5) is 42.7. The van der Waals surface area contributed by atoms with Crippen LogP contribution in [0.3, 0.4) is 0 Å². The molecule has 6 heteroatoms. The van der Waals surface area contributed by atoms with Gasteiger partial charge in [0.2, 0.25) is 5.91 Å². The topological polar surface area (TPSA) is 73.5 Å². The summed E-state index contributed by atoms with van der Waals surface area (Å²) in [7, 11) is 0. The number of piperazine rings is 1. The Hall–Kier alpha value is -2.47. The Morgan fingerprint density at radius 1 is 1.11 bits per heavy atom. The molecule has 0 atom stereocenters. The Kier molecular flexibility index (Phi) is 4.83. The normalized spacial score (nSPS) is 18.7. The summed E-state index contributed by atoms with van der Waals surface area (Å²) in [6, 6.07) is 8.19. The van der Waals surface area contributed by atoms with Crippen molar-refractivity contribution in [2.45, 2.75) is 32.7 Å². The molecule has 1 saturated carbocycles. The molecule has 0 spiro atoms. The zero-order chi connectivity index (χ0) is 19.0. The van der Waals surface area contributed by atoms with Gasteiger partial charge < -0.3 is 9.88 Å². The Bertz CT molecular complexity index is 933. The average Bonchev–Trinajstić information content (AvgIpc) is 2.65. The van der Waals surface area contributed by atoms with E-state index in [2.05, 4.69) is 22.0 Å². The van der Waals surface area contributed by atoms with Crippen LogP contribution >= 0.6 is 0 Å².